The monoisotopic (exact) mass is 549 g/mol. The van der Waals surface area contributed by atoms with E-state index < -0.39 is 11.0 Å². The first-order valence-corrected chi connectivity index (χ1v) is 14.0. The Morgan fingerprint density at radius 2 is 1.69 bits per heavy atom. The number of carbonyl (C=O) groups is 2. The van der Waals surface area contributed by atoms with Crippen molar-refractivity contribution in [3.8, 4) is 5.75 Å². The minimum absolute atomic E-state index is 0.0268. The minimum atomic E-state index is -0.708. The predicted molar refractivity (Wildman–Crippen MR) is 155 cm³/mol. The fraction of sp³-hybridized carbons (Fsp3) is 0.333. The van der Waals surface area contributed by atoms with Gasteiger partial charge in [0.2, 0.25) is 11.8 Å². The predicted octanol–water partition coefficient (Wildman–Crippen LogP) is 5.39. The van der Waals surface area contributed by atoms with E-state index in [4.69, 9.17) is 4.74 Å². The largest absolute Gasteiger partial charge is 0.497 e. The first-order chi connectivity index (χ1) is 18.8. The van der Waals surface area contributed by atoms with Crippen LogP contribution in [0.4, 0.5) is 5.69 Å². The van der Waals surface area contributed by atoms with Crippen molar-refractivity contribution < 1.29 is 19.2 Å². The summed E-state index contributed by atoms with van der Waals surface area (Å²) >= 11 is 1.41. The maximum atomic E-state index is 13.7. The lowest BCUT2D eigenvalue weighted by molar-refractivity contribution is -0.384. The maximum absolute atomic E-state index is 13.7. The van der Waals surface area contributed by atoms with Crippen LogP contribution in [0.3, 0.4) is 0 Å². The molecule has 3 aromatic carbocycles. The summed E-state index contributed by atoms with van der Waals surface area (Å²) in [5.41, 5.74) is 2.73. The summed E-state index contributed by atoms with van der Waals surface area (Å²) in [7, 11) is 1.59. The Morgan fingerprint density at radius 3 is 2.33 bits per heavy atom. The van der Waals surface area contributed by atoms with Crippen molar-refractivity contribution >= 4 is 29.3 Å². The molecule has 2 atom stereocenters. The molecule has 0 saturated heterocycles. The van der Waals surface area contributed by atoms with Gasteiger partial charge in [-0.15, -0.1) is 11.8 Å². The van der Waals surface area contributed by atoms with E-state index >= 15 is 0 Å². The van der Waals surface area contributed by atoms with Gasteiger partial charge >= 0.3 is 0 Å². The molecule has 0 unspecified atom stereocenters. The molecule has 3 aromatic rings. The molecule has 0 aliphatic carbocycles. The fourth-order valence-electron chi connectivity index (χ4n) is 4.02. The second-order valence-electron chi connectivity index (χ2n) is 9.31. The molecule has 2 amide bonds. The van der Waals surface area contributed by atoms with Crippen molar-refractivity contribution in [1.82, 2.24) is 10.2 Å². The molecule has 0 saturated carbocycles. The quantitative estimate of drug-likeness (QED) is 0.214. The molecule has 0 spiro atoms. The van der Waals surface area contributed by atoms with Crippen molar-refractivity contribution in [1.29, 1.82) is 0 Å². The number of amides is 2. The molecule has 0 aromatic heterocycles. The average molecular weight is 550 g/mol. The van der Waals surface area contributed by atoms with Crippen LogP contribution in [0.25, 0.3) is 0 Å². The van der Waals surface area contributed by atoms with E-state index in [1.807, 2.05) is 68.4 Å². The SMILES string of the molecule is CC[C@H](C)NC(=O)[C@H](Cc1ccccc1)N(Cc1cccc(OC)c1)C(=O)CSCc1ccc([N+](=O)[O-])cc1. The van der Waals surface area contributed by atoms with Crippen LogP contribution >= 0.6 is 11.8 Å². The maximum Gasteiger partial charge on any atom is 0.269 e. The topological polar surface area (TPSA) is 102 Å². The van der Waals surface area contributed by atoms with Gasteiger partial charge in [-0.05, 0) is 42.2 Å². The normalized spacial score (nSPS) is 12.3. The Labute approximate surface area is 233 Å². The van der Waals surface area contributed by atoms with Crippen LogP contribution in [-0.4, -0.2) is 46.6 Å². The molecular weight excluding hydrogens is 514 g/mol. The Bertz CT molecular complexity index is 1240. The Kier molecular flexibility index (Phi) is 11.4. The number of nitrogens with one attached hydrogen (secondary N) is 1. The highest BCUT2D eigenvalue weighted by molar-refractivity contribution is 7.99. The molecule has 0 heterocycles. The molecule has 39 heavy (non-hydrogen) atoms. The summed E-state index contributed by atoms with van der Waals surface area (Å²) in [6.07, 6.45) is 1.16. The van der Waals surface area contributed by atoms with Crippen molar-refractivity contribution in [3.63, 3.8) is 0 Å². The van der Waals surface area contributed by atoms with Crippen LogP contribution < -0.4 is 10.1 Å². The molecule has 9 heteroatoms. The minimum Gasteiger partial charge on any atom is -0.497 e. The second-order valence-corrected chi connectivity index (χ2v) is 10.3. The van der Waals surface area contributed by atoms with Gasteiger partial charge in [-0.2, -0.15) is 0 Å². The van der Waals surface area contributed by atoms with E-state index in [1.54, 1.807) is 24.1 Å². The zero-order valence-corrected chi connectivity index (χ0v) is 23.4. The highest BCUT2D eigenvalue weighted by Gasteiger charge is 2.31. The smallest absolute Gasteiger partial charge is 0.269 e. The van der Waals surface area contributed by atoms with Crippen LogP contribution in [-0.2, 0) is 28.3 Å². The van der Waals surface area contributed by atoms with Gasteiger partial charge in [0, 0.05) is 36.9 Å². The lowest BCUT2D eigenvalue weighted by Gasteiger charge is -2.32. The Balaban J connectivity index is 1.85. The summed E-state index contributed by atoms with van der Waals surface area (Å²) in [5.74, 6) is 0.994. The summed E-state index contributed by atoms with van der Waals surface area (Å²) in [6, 6.07) is 22.8. The number of non-ortho nitro benzene ring substituents is 1. The highest BCUT2D eigenvalue weighted by Crippen LogP contribution is 2.21. The number of benzene rings is 3. The lowest BCUT2D eigenvalue weighted by atomic mass is 10.0. The first-order valence-electron chi connectivity index (χ1n) is 12.9. The van der Waals surface area contributed by atoms with Gasteiger partial charge in [0.15, 0.2) is 0 Å². The molecule has 8 nitrogen and oxygen atoms in total. The van der Waals surface area contributed by atoms with E-state index in [0.717, 1.165) is 23.1 Å². The van der Waals surface area contributed by atoms with Crippen molar-refractivity contribution in [2.45, 2.75) is 51.1 Å². The van der Waals surface area contributed by atoms with Gasteiger partial charge in [-0.1, -0.05) is 61.5 Å². The van der Waals surface area contributed by atoms with Gasteiger partial charge in [-0.25, -0.2) is 0 Å². The number of rotatable bonds is 14. The molecule has 0 aliphatic heterocycles. The van der Waals surface area contributed by atoms with Crippen LogP contribution in [0, 0.1) is 10.1 Å². The first kappa shape index (κ1) is 29.7. The molecule has 3 rings (SSSR count). The van der Waals surface area contributed by atoms with E-state index in [-0.39, 0.29) is 35.8 Å². The van der Waals surface area contributed by atoms with E-state index in [2.05, 4.69) is 5.32 Å². The van der Waals surface area contributed by atoms with Crippen molar-refractivity contribution in [2.75, 3.05) is 12.9 Å². The van der Waals surface area contributed by atoms with E-state index in [9.17, 15) is 19.7 Å². The summed E-state index contributed by atoms with van der Waals surface area (Å²) in [6.45, 7) is 4.20. The number of ether oxygens (including phenoxy) is 1. The summed E-state index contributed by atoms with van der Waals surface area (Å²) in [5, 5.41) is 14.0. The second kappa shape index (κ2) is 14.9. The van der Waals surface area contributed by atoms with E-state index in [1.165, 1.54) is 23.9 Å². The number of hydrogen-bond acceptors (Lipinski definition) is 6. The van der Waals surface area contributed by atoms with Crippen LogP contribution in [0.5, 0.6) is 5.75 Å². The Morgan fingerprint density at radius 1 is 1.00 bits per heavy atom. The van der Waals surface area contributed by atoms with Gasteiger partial charge in [0.1, 0.15) is 11.8 Å². The third kappa shape index (κ3) is 9.14. The van der Waals surface area contributed by atoms with Gasteiger partial charge in [0.25, 0.3) is 5.69 Å². The summed E-state index contributed by atoms with van der Waals surface area (Å²) in [4.78, 5) is 39.4. The number of nitro groups is 1. The molecule has 0 aliphatic rings. The fourth-order valence-corrected chi connectivity index (χ4v) is 4.89. The molecule has 0 bridgehead atoms. The molecule has 1 N–H and O–H groups in total. The molecule has 0 radical (unpaired) electrons. The van der Waals surface area contributed by atoms with Gasteiger partial charge < -0.3 is 15.0 Å². The van der Waals surface area contributed by atoms with Crippen molar-refractivity contribution in [2.24, 2.45) is 0 Å². The average Bonchev–Trinajstić information content (AvgIpc) is 2.95. The van der Waals surface area contributed by atoms with Crippen LogP contribution in [0.2, 0.25) is 0 Å². The number of carbonyl (C=O) groups excluding carboxylic acids is 2. The van der Waals surface area contributed by atoms with Crippen LogP contribution in [0.15, 0.2) is 78.9 Å². The van der Waals surface area contributed by atoms with Gasteiger partial charge in [-0.3, -0.25) is 19.7 Å². The number of hydrogen-bond donors (Lipinski definition) is 1. The third-order valence-corrected chi connectivity index (χ3v) is 7.39. The molecular formula is C30H35N3O5S. The Hall–Kier alpha value is -3.85. The number of methoxy groups -OCH3 is 1. The van der Waals surface area contributed by atoms with Gasteiger partial charge in [0.05, 0.1) is 17.8 Å². The van der Waals surface area contributed by atoms with Crippen molar-refractivity contribution in [3.05, 3.63) is 106 Å². The summed E-state index contributed by atoms with van der Waals surface area (Å²) < 4.78 is 5.38. The van der Waals surface area contributed by atoms with E-state index in [0.29, 0.717) is 17.9 Å². The lowest BCUT2D eigenvalue weighted by Crippen LogP contribution is -2.52. The molecule has 206 valence electrons. The molecule has 0 fully saturated rings. The number of nitrogens with zero attached hydrogens (tertiary/aromatic N) is 2. The third-order valence-electron chi connectivity index (χ3n) is 6.40. The number of thioether (sulfide) groups is 1. The van der Waals surface area contributed by atoms with Crippen LogP contribution in [0.1, 0.15) is 37.0 Å². The standard InChI is InChI=1S/C30H35N3O5S/c1-4-22(2)31-30(35)28(18-23-9-6-5-7-10-23)32(19-25-11-8-12-27(17-25)38-3)29(34)21-39-20-24-13-15-26(16-14-24)33(36)37/h5-17,22,28H,4,18-21H2,1-3H3,(H,31,35)/t22-,28-/m0/s1. The number of nitro benzene ring substituents is 1. The zero-order chi connectivity index (χ0) is 28.2. The zero-order valence-electron chi connectivity index (χ0n) is 22.5. The highest BCUT2D eigenvalue weighted by atomic mass is 32.2.